The van der Waals surface area contributed by atoms with E-state index in [1.165, 1.54) is 18.2 Å². The van der Waals surface area contributed by atoms with Crippen LogP contribution in [0.1, 0.15) is 19.3 Å². The number of nitrogens with two attached hydrogens (primary N) is 1. The fraction of sp³-hybridized carbons (Fsp3) is 0.462. The third kappa shape index (κ3) is 2.49. The predicted octanol–water partition coefficient (Wildman–Crippen LogP) is 1.06. The second kappa shape index (κ2) is 5.05. The van der Waals surface area contributed by atoms with Gasteiger partial charge in [-0.15, -0.1) is 0 Å². The van der Waals surface area contributed by atoms with Gasteiger partial charge in [0.2, 0.25) is 5.91 Å². The standard InChI is InChI=1S/C13H17FN2O3S/c1-20(18,19)11-7-4-8-13(11,12(15)17)16-10-6-3-2-5-9(10)14/h2-3,5-6,11,16H,4,7-8H2,1H3,(H2,15,17). The molecule has 20 heavy (non-hydrogen) atoms. The van der Waals surface area contributed by atoms with E-state index in [0.717, 1.165) is 6.26 Å². The lowest BCUT2D eigenvalue weighted by atomic mass is 9.95. The number of primary amides is 1. The van der Waals surface area contributed by atoms with Crippen LogP contribution in [0.3, 0.4) is 0 Å². The minimum Gasteiger partial charge on any atom is -0.368 e. The zero-order valence-corrected chi connectivity index (χ0v) is 11.9. The Bertz CT molecular complexity index is 632. The van der Waals surface area contributed by atoms with Crippen molar-refractivity contribution in [2.75, 3.05) is 11.6 Å². The van der Waals surface area contributed by atoms with Gasteiger partial charge < -0.3 is 11.1 Å². The number of benzene rings is 1. The smallest absolute Gasteiger partial charge is 0.244 e. The summed E-state index contributed by atoms with van der Waals surface area (Å²) in [4.78, 5) is 11.9. The SMILES string of the molecule is CS(=O)(=O)C1CCCC1(Nc1ccccc1F)C(N)=O. The topological polar surface area (TPSA) is 89.3 Å². The Balaban J connectivity index is 2.46. The molecule has 0 bridgehead atoms. The molecule has 0 heterocycles. The van der Waals surface area contributed by atoms with Gasteiger partial charge in [-0.05, 0) is 31.4 Å². The van der Waals surface area contributed by atoms with E-state index in [0.29, 0.717) is 12.8 Å². The maximum atomic E-state index is 13.7. The zero-order chi connectivity index (χ0) is 15.0. The van der Waals surface area contributed by atoms with Crippen molar-refractivity contribution in [3.05, 3.63) is 30.1 Å². The fourth-order valence-electron chi connectivity index (χ4n) is 2.84. The summed E-state index contributed by atoms with van der Waals surface area (Å²) in [5.41, 5.74) is 4.07. The van der Waals surface area contributed by atoms with Crippen LogP contribution in [0.2, 0.25) is 0 Å². The molecule has 0 aromatic heterocycles. The maximum Gasteiger partial charge on any atom is 0.244 e. The van der Waals surface area contributed by atoms with Gasteiger partial charge in [-0.3, -0.25) is 4.79 Å². The first kappa shape index (κ1) is 14.8. The van der Waals surface area contributed by atoms with Crippen LogP contribution in [0.25, 0.3) is 0 Å². The summed E-state index contributed by atoms with van der Waals surface area (Å²) in [5.74, 6) is -1.32. The van der Waals surface area contributed by atoms with E-state index >= 15 is 0 Å². The molecule has 7 heteroatoms. The molecule has 1 saturated carbocycles. The van der Waals surface area contributed by atoms with Crippen molar-refractivity contribution in [2.24, 2.45) is 5.73 Å². The van der Waals surface area contributed by atoms with Gasteiger partial charge in [0, 0.05) is 6.26 Å². The average Bonchev–Trinajstić information content (AvgIpc) is 2.77. The van der Waals surface area contributed by atoms with E-state index in [9.17, 15) is 17.6 Å². The molecule has 0 aliphatic heterocycles. The summed E-state index contributed by atoms with van der Waals surface area (Å²) < 4.78 is 37.5. The number of nitrogens with one attached hydrogen (secondary N) is 1. The number of halogens is 1. The van der Waals surface area contributed by atoms with Gasteiger partial charge in [-0.1, -0.05) is 12.1 Å². The molecule has 1 aromatic rings. The van der Waals surface area contributed by atoms with Gasteiger partial charge in [0.15, 0.2) is 9.84 Å². The summed E-state index contributed by atoms with van der Waals surface area (Å²) in [6.07, 6.45) is 2.23. The second-order valence-electron chi connectivity index (χ2n) is 5.15. The number of anilines is 1. The summed E-state index contributed by atoms with van der Waals surface area (Å²) in [5, 5.41) is 1.81. The molecule has 2 unspecified atom stereocenters. The molecule has 1 amide bonds. The molecule has 110 valence electrons. The monoisotopic (exact) mass is 300 g/mol. The zero-order valence-electron chi connectivity index (χ0n) is 11.1. The highest BCUT2D eigenvalue weighted by Gasteiger charge is 2.52. The Kier molecular flexibility index (Phi) is 3.73. The van der Waals surface area contributed by atoms with Crippen molar-refractivity contribution in [3.63, 3.8) is 0 Å². The van der Waals surface area contributed by atoms with Gasteiger partial charge >= 0.3 is 0 Å². The van der Waals surface area contributed by atoms with Crippen LogP contribution in [0.15, 0.2) is 24.3 Å². The van der Waals surface area contributed by atoms with Crippen LogP contribution in [-0.4, -0.2) is 31.4 Å². The van der Waals surface area contributed by atoms with E-state index in [-0.39, 0.29) is 12.1 Å². The first-order valence-corrected chi connectivity index (χ1v) is 8.24. The highest BCUT2D eigenvalue weighted by molar-refractivity contribution is 7.91. The normalized spacial score (nSPS) is 26.4. The van der Waals surface area contributed by atoms with E-state index in [4.69, 9.17) is 5.73 Å². The van der Waals surface area contributed by atoms with Crippen LogP contribution >= 0.6 is 0 Å². The Morgan fingerprint density at radius 3 is 2.65 bits per heavy atom. The largest absolute Gasteiger partial charge is 0.368 e. The summed E-state index contributed by atoms with van der Waals surface area (Å²) in [7, 11) is -3.47. The Morgan fingerprint density at radius 1 is 1.45 bits per heavy atom. The molecule has 2 rings (SSSR count). The first-order chi connectivity index (χ1) is 9.27. The third-order valence-corrected chi connectivity index (χ3v) is 5.45. The van der Waals surface area contributed by atoms with Crippen LogP contribution in [0, 0.1) is 5.82 Å². The van der Waals surface area contributed by atoms with E-state index in [2.05, 4.69) is 5.32 Å². The van der Waals surface area contributed by atoms with Crippen molar-refractivity contribution in [3.8, 4) is 0 Å². The average molecular weight is 300 g/mol. The molecule has 1 aromatic carbocycles. The number of amides is 1. The number of rotatable bonds is 4. The first-order valence-electron chi connectivity index (χ1n) is 6.29. The van der Waals surface area contributed by atoms with Crippen LogP contribution < -0.4 is 11.1 Å². The van der Waals surface area contributed by atoms with Gasteiger partial charge in [-0.25, -0.2) is 12.8 Å². The minimum absolute atomic E-state index is 0.0850. The van der Waals surface area contributed by atoms with Crippen molar-refractivity contribution in [1.82, 2.24) is 0 Å². The number of para-hydroxylation sites is 1. The number of hydrogen-bond donors (Lipinski definition) is 2. The molecule has 1 aliphatic rings. The number of carbonyl (C=O) groups is 1. The highest BCUT2D eigenvalue weighted by atomic mass is 32.2. The molecule has 0 radical (unpaired) electrons. The lowest BCUT2D eigenvalue weighted by molar-refractivity contribution is -0.122. The molecular weight excluding hydrogens is 283 g/mol. The molecule has 5 nitrogen and oxygen atoms in total. The van der Waals surface area contributed by atoms with Crippen LogP contribution in [0.4, 0.5) is 10.1 Å². The van der Waals surface area contributed by atoms with Crippen molar-refractivity contribution >= 4 is 21.4 Å². The molecule has 1 aliphatic carbocycles. The van der Waals surface area contributed by atoms with Crippen LogP contribution in [-0.2, 0) is 14.6 Å². The number of sulfone groups is 1. The maximum absolute atomic E-state index is 13.7. The summed E-state index contributed by atoms with van der Waals surface area (Å²) in [6.45, 7) is 0. The Morgan fingerprint density at radius 2 is 2.10 bits per heavy atom. The van der Waals surface area contributed by atoms with Crippen LogP contribution in [0.5, 0.6) is 0 Å². The minimum atomic E-state index is -3.47. The molecule has 3 N–H and O–H groups in total. The van der Waals surface area contributed by atoms with Crippen molar-refractivity contribution < 1.29 is 17.6 Å². The van der Waals surface area contributed by atoms with E-state index < -0.39 is 32.4 Å². The lowest BCUT2D eigenvalue weighted by Gasteiger charge is -2.33. The molecular formula is C13H17FN2O3S. The van der Waals surface area contributed by atoms with Crippen molar-refractivity contribution in [1.29, 1.82) is 0 Å². The number of carbonyl (C=O) groups excluding carboxylic acids is 1. The van der Waals surface area contributed by atoms with Crippen molar-refractivity contribution in [2.45, 2.75) is 30.1 Å². The molecule has 0 spiro atoms. The molecule has 2 atom stereocenters. The third-order valence-electron chi connectivity index (χ3n) is 3.78. The highest BCUT2D eigenvalue weighted by Crippen LogP contribution is 2.38. The summed E-state index contributed by atoms with van der Waals surface area (Å²) >= 11 is 0. The van der Waals surface area contributed by atoms with Gasteiger partial charge in [0.1, 0.15) is 11.4 Å². The molecule has 1 fully saturated rings. The van der Waals surface area contributed by atoms with Gasteiger partial charge in [0.05, 0.1) is 10.9 Å². The quantitative estimate of drug-likeness (QED) is 0.870. The second-order valence-corrected chi connectivity index (χ2v) is 7.38. The van der Waals surface area contributed by atoms with E-state index in [1.807, 2.05) is 0 Å². The summed E-state index contributed by atoms with van der Waals surface area (Å²) in [6, 6.07) is 5.81. The molecule has 0 saturated heterocycles. The van der Waals surface area contributed by atoms with Gasteiger partial charge in [-0.2, -0.15) is 0 Å². The fourth-order valence-corrected chi connectivity index (χ4v) is 4.46. The van der Waals surface area contributed by atoms with Gasteiger partial charge in [0.25, 0.3) is 0 Å². The Labute approximate surface area is 117 Å². The Hall–Kier alpha value is -1.63. The predicted molar refractivity (Wildman–Crippen MR) is 74.4 cm³/mol. The number of hydrogen-bond acceptors (Lipinski definition) is 4. The lowest BCUT2D eigenvalue weighted by Crippen LogP contribution is -2.58. The van der Waals surface area contributed by atoms with E-state index in [1.54, 1.807) is 6.07 Å².